The Bertz CT molecular complexity index is 946. The molecule has 2 unspecified atom stereocenters. The lowest BCUT2D eigenvalue weighted by molar-refractivity contribution is 0.198. The number of anilines is 3. The highest BCUT2D eigenvalue weighted by Gasteiger charge is 2.50. The van der Waals surface area contributed by atoms with E-state index >= 15 is 0 Å². The minimum Gasteiger partial charge on any atom is -0.502 e. The minimum absolute atomic E-state index is 0.0214. The van der Waals surface area contributed by atoms with Crippen LogP contribution in [0.1, 0.15) is 41.5 Å². The van der Waals surface area contributed by atoms with E-state index in [-0.39, 0.29) is 18.2 Å². The number of benzene rings is 1. The van der Waals surface area contributed by atoms with Crippen LogP contribution in [0.4, 0.5) is 21.9 Å². The number of allylic oxidation sites excluding steroid dienone is 1. The zero-order chi connectivity index (χ0) is 25.5. The van der Waals surface area contributed by atoms with Crippen LogP contribution in [0.3, 0.4) is 0 Å². The van der Waals surface area contributed by atoms with Gasteiger partial charge in [0.25, 0.3) is 8.32 Å². The highest BCUT2D eigenvalue weighted by Crippen LogP contribution is 2.46. The van der Waals surface area contributed by atoms with Gasteiger partial charge in [-0.05, 0) is 47.0 Å². The average Bonchev–Trinajstić information content (AvgIpc) is 2.76. The Morgan fingerprint density at radius 2 is 1.50 bits per heavy atom. The molecule has 1 amide bonds. The minimum atomic E-state index is -2.39. The molecule has 1 aromatic carbocycles. The molecule has 0 aromatic heterocycles. The summed E-state index contributed by atoms with van der Waals surface area (Å²) in [6.45, 7) is 13.3. The van der Waals surface area contributed by atoms with Gasteiger partial charge in [0, 0.05) is 46.6 Å². The number of amides is 1. The summed E-state index contributed by atoms with van der Waals surface area (Å²) in [5, 5.41) is 0. The van der Waals surface area contributed by atoms with Crippen molar-refractivity contribution in [3.8, 4) is 0 Å². The normalized spacial score (nSPS) is 19.9. The first-order chi connectivity index (χ1) is 15.8. The standard InChI is InChI=1S/C27H44N4O2Si/c1-18(2)34(19(3)4,20(5)6)33-27(32)31-23-14-12-21(28(7)8)16-25(23)30(11)26-17-22(29(9)10)13-15-24(26)31/h12-20,23,25H,1-11H3. The zero-order valence-electron chi connectivity index (χ0n) is 23.0. The molecule has 0 saturated heterocycles. The Hall–Kier alpha value is -2.41. The Morgan fingerprint density at radius 3 is 2.00 bits per heavy atom. The lowest BCUT2D eigenvalue weighted by Crippen LogP contribution is -2.59. The molecule has 0 spiro atoms. The molecule has 0 fully saturated rings. The number of rotatable bonds is 6. The van der Waals surface area contributed by atoms with Gasteiger partial charge >= 0.3 is 6.09 Å². The molecule has 1 aliphatic carbocycles. The summed E-state index contributed by atoms with van der Waals surface area (Å²) >= 11 is 0. The molecule has 0 radical (unpaired) electrons. The lowest BCUT2D eigenvalue weighted by Gasteiger charge is -2.49. The monoisotopic (exact) mass is 484 g/mol. The lowest BCUT2D eigenvalue weighted by atomic mass is 9.93. The molecular weight excluding hydrogens is 440 g/mol. The second-order valence-electron chi connectivity index (χ2n) is 11.1. The molecule has 1 aliphatic heterocycles. The van der Waals surface area contributed by atoms with Crippen LogP contribution in [0, 0.1) is 0 Å². The fraction of sp³-hybridized carbons (Fsp3) is 0.593. The number of hydrogen-bond acceptors (Lipinski definition) is 5. The van der Waals surface area contributed by atoms with E-state index in [2.05, 4.69) is 114 Å². The van der Waals surface area contributed by atoms with Crippen molar-refractivity contribution in [1.29, 1.82) is 0 Å². The van der Waals surface area contributed by atoms with Gasteiger partial charge in [0.1, 0.15) is 0 Å². The first kappa shape index (κ1) is 26.2. The molecule has 1 heterocycles. The molecule has 1 aromatic rings. The van der Waals surface area contributed by atoms with E-state index in [0.717, 1.165) is 22.8 Å². The number of nitrogens with zero attached hydrogens (tertiary/aromatic N) is 4. The fourth-order valence-electron chi connectivity index (χ4n) is 5.89. The van der Waals surface area contributed by atoms with E-state index in [1.807, 2.05) is 19.0 Å². The summed E-state index contributed by atoms with van der Waals surface area (Å²) in [4.78, 5) is 22.5. The smallest absolute Gasteiger partial charge is 0.401 e. The molecule has 0 N–H and O–H groups in total. The van der Waals surface area contributed by atoms with Crippen LogP contribution in [0.15, 0.2) is 42.1 Å². The Labute approximate surface area is 208 Å². The summed E-state index contributed by atoms with van der Waals surface area (Å²) in [5.74, 6) is 0. The van der Waals surface area contributed by atoms with Crippen molar-refractivity contribution in [2.24, 2.45) is 0 Å². The van der Waals surface area contributed by atoms with E-state index < -0.39 is 8.32 Å². The van der Waals surface area contributed by atoms with Gasteiger partial charge < -0.3 is 19.1 Å². The van der Waals surface area contributed by atoms with E-state index in [1.165, 1.54) is 0 Å². The molecule has 7 heteroatoms. The molecular formula is C27H44N4O2Si. The van der Waals surface area contributed by atoms with Crippen LogP contribution >= 0.6 is 0 Å². The predicted molar refractivity (Wildman–Crippen MR) is 148 cm³/mol. The van der Waals surface area contributed by atoms with E-state index in [1.54, 1.807) is 0 Å². The van der Waals surface area contributed by atoms with Gasteiger partial charge in [-0.3, -0.25) is 4.90 Å². The van der Waals surface area contributed by atoms with Crippen molar-refractivity contribution >= 4 is 31.5 Å². The highest BCUT2D eigenvalue weighted by molar-refractivity contribution is 6.79. The number of carbonyl (C=O) groups excluding carboxylic acids is 1. The van der Waals surface area contributed by atoms with E-state index in [0.29, 0.717) is 16.6 Å². The first-order valence-electron chi connectivity index (χ1n) is 12.5. The Balaban J connectivity index is 2.14. The molecule has 2 aliphatic rings. The third-order valence-corrected chi connectivity index (χ3v) is 13.6. The van der Waals surface area contributed by atoms with E-state index in [9.17, 15) is 4.79 Å². The molecule has 3 rings (SSSR count). The Morgan fingerprint density at radius 1 is 0.912 bits per heavy atom. The quantitative estimate of drug-likeness (QED) is 0.458. The van der Waals surface area contributed by atoms with Crippen LogP contribution in [-0.4, -0.2) is 66.6 Å². The number of fused-ring (bicyclic) bond motifs is 2. The van der Waals surface area contributed by atoms with E-state index in [4.69, 9.17) is 4.43 Å². The highest BCUT2D eigenvalue weighted by atomic mass is 28.4. The first-order valence-corrected chi connectivity index (χ1v) is 14.6. The molecule has 34 heavy (non-hydrogen) atoms. The molecule has 0 saturated carbocycles. The molecule has 188 valence electrons. The topological polar surface area (TPSA) is 39.3 Å². The van der Waals surface area contributed by atoms with Crippen molar-refractivity contribution in [2.75, 3.05) is 49.9 Å². The number of hydrogen-bond donors (Lipinski definition) is 0. The number of likely N-dealkylation sites (N-methyl/N-ethyl adjacent to an activating group) is 2. The van der Waals surface area contributed by atoms with Crippen LogP contribution in [0.2, 0.25) is 16.6 Å². The largest absolute Gasteiger partial charge is 0.502 e. The van der Waals surface area contributed by atoms with Gasteiger partial charge in [-0.15, -0.1) is 0 Å². The summed E-state index contributed by atoms with van der Waals surface area (Å²) in [6.07, 6.45) is 6.32. The van der Waals surface area contributed by atoms with Gasteiger partial charge in [-0.25, -0.2) is 4.79 Å². The molecule has 6 nitrogen and oxygen atoms in total. The third kappa shape index (κ3) is 4.35. The summed E-state index contributed by atoms with van der Waals surface area (Å²) in [5.41, 5.74) is 5.19. The SMILES string of the molecule is CC(C)[Si](OC(=O)N1c2ccc(N(C)C)cc2N(C)C2C=C(N(C)C)C=CC21)(C(C)C)C(C)C. The van der Waals surface area contributed by atoms with Gasteiger partial charge in [0.05, 0.1) is 23.5 Å². The fourth-order valence-corrected chi connectivity index (χ4v) is 11.0. The maximum Gasteiger partial charge on any atom is 0.401 e. The van der Waals surface area contributed by atoms with Gasteiger partial charge in [0.15, 0.2) is 0 Å². The van der Waals surface area contributed by atoms with Crippen molar-refractivity contribution in [2.45, 2.75) is 70.2 Å². The maximum absolute atomic E-state index is 14.1. The van der Waals surface area contributed by atoms with Crippen molar-refractivity contribution < 1.29 is 9.22 Å². The van der Waals surface area contributed by atoms with Gasteiger partial charge in [-0.1, -0.05) is 47.6 Å². The van der Waals surface area contributed by atoms with Crippen LogP contribution in [0.5, 0.6) is 0 Å². The molecule has 2 atom stereocenters. The zero-order valence-corrected chi connectivity index (χ0v) is 24.0. The van der Waals surface area contributed by atoms with Crippen LogP contribution in [-0.2, 0) is 4.43 Å². The van der Waals surface area contributed by atoms with Crippen molar-refractivity contribution in [3.63, 3.8) is 0 Å². The van der Waals surface area contributed by atoms with Crippen LogP contribution in [0.25, 0.3) is 0 Å². The molecule has 0 bridgehead atoms. The van der Waals surface area contributed by atoms with Crippen molar-refractivity contribution in [1.82, 2.24) is 4.90 Å². The summed E-state index contributed by atoms with van der Waals surface area (Å²) in [6, 6.07) is 6.22. The summed E-state index contributed by atoms with van der Waals surface area (Å²) in [7, 11) is 7.92. The second-order valence-corrected chi connectivity index (χ2v) is 16.4. The maximum atomic E-state index is 14.1. The predicted octanol–water partition coefficient (Wildman–Crippen LogP) is 6.07. The number of carbonyl (C=O) groups is 1. The average molecular weight is 485 g/mol. The third-order valence-electron chi connectivity index (χ3n) is 7.70. The van der Waals surface area contributed by atoms with Crippen molar-refractivity contribution in [3.05, 3.63) is 42.1 Å². The second kappa shape index (κ2) is 9.68. The Kier molecular flexibility index (Phi) is 7.46. The van der Waals surface area contributed by atoms with Gasteiger partial charge in [-0.2, -0.15) is 0 Å². The van der Waals surface area contributed by atoms with Crippen LogP contribution < -0.4 is 14.7 Å². The summed E-state index contributed by atoms with van der Waals surface area (Å²) < 4.78 is 6.69. The van der Waals surface area contributed by atoms with Gasteiger partial charge in [0.2, 0.25) is 0 Å².